The summed E-state index contributed by atoms with van der Waals surface area (Å²) in [6.07, 6.45) is 0.671. The molecule has 142 valence electrons. The largest absolute Gasteiger partial charge is 0.481 e. The number of nitrogens with one attached hydrogen (secondary N) is 1. The standard InChI is InChI=1S/C20H28N2O4/c1-5-26-10-6-9-22(12-14(3)20(24)25)19(23)18-11-16-15(4)13(2)7-8-17(16)21-18/h7-8,11,14,21H,5-6,9-10,12H2,1-4H3,(H,24,25). The molecule has 0 fully saturated rings. The number of aliphatic carboxylic acids is 1. The number of ether oxygens (including phenoxy) is 1. The maximum absolute atomic E-state index is 13.0. The molecule has 26 heavy (non-hydrogen) atoms. The Balaban J connectivity index is 2.23. The monoisotopic (exact) mass is 360 g/mol. The molecule has 0 saturated carbocycles. The van der Waals surface area contributed by atoms with Crippen LogP contribution in [-0.4, -0.2) is 53.2 Å². The summed E-state index contributed by atoms with van der Waals surface area (Å²) >= 11 is 0. The van der Waals surface area contributed by atoms with Gasteiger partial charge in [-0.3, -0.25) is 9.59 Å². The summed E-state index contributed by atoms with van der Waals surface area (Å²) in [6, 6.07) is 5.85. The van der Waals surface area contributed by atoms with Gasteiger partial charge in [0.25, 0.3) is 5.91 Å². The van der Waals surface area contributed by atoms with Gasteiger partial charge in [0.05, 0.1) is 5.92 Å². The van der Waals surface area contributed by atoms with Gasteiger partial charge in [-0.05, 0) is 50.5 Å². The molecule has 6 nitrogen and oxygen atoms in total. The first-order valence-corrected chi connectivity index (χ1v) is 9.03. The summed E-state index contributed by atoms with van der Waals surface area (Å²) in [7, 11) is 0. The van der Waals surface area contributed by atoms with E-state index in [1.165, 1.54) is 5.56 Å². The van der Waals surface area contributed by atoms with Crippen LogP contribution >= 0.6 is 0 Å². The van der Waals surface area contributed by atoms with Crippen LogP contribution in [0.5, 0.6) is 0 Å². The summed E-state index contributed by atoms with van der Waals surface area (Å²) in [4.78, 5) is 29.0. The van der Waals surface area contributed by atoms with Crippen LogP contribution in [0.1, 0.15) is 41.9 Å². The maximum Gasteiger partial charge on any atom is 0.308 e. The predicted octanol–water partition coefficient (Wildman–Crippen LogP) is 3.37. The van der Waals surface area contributed by atoms with Crippen LogP contribution in [0, 0.1) is 19.8 Å². The molecule has 6 heteroatoms. The van der Waals surface area contributed by atoms with Gasteiger partial charge in [0.2, 0.25) is 0 Å². The second-order valence-corrected chi connectivity index (χ2v) is 6.69. The number of amides is 1. The summed E-state index contributed by atoms with van der Waals surface area (Å²) in [6.45, 7) is 9.42. The van der Waals surface area contributed by atoms with Gasteiger partial charge in [-0.1, -0.05) is 13.0 Å². The molecule has 2 N–H and O–H groups in total. The number of carbonyl (C=O) groups is 2. The van der Waals surface area contributed by atoms with Crippen molar-refractivity contribution in [1.82, 2.24) is 9.88 Å². The molecule has 1 aromatic heterocycles. The Morgan fingerprint density at radius 2 is 2.04 bits per heavy atom. The number of carboxylic acids is 1. The van der Waals surface area contributed by atoms with E-state index in [0.29, 0.717) is 31.9 Å². The van der Waals surface area contributed by atoms with Gasteiger partial charge in [0.15, 0.2) is 0 Å². The molecular weight excluding hydrogens is 332 g/mol. The molecule has 0 aliphatic carbocycles. The van der Waals surface area contributed by atoms with Crippen molar-refractivity contribution in [3.63, 3.8) is 0 Å². The highest BCUT2D eigenvalue weighted by molar-refractivity contribution is 5.99. The number of rotatable bonds is 9. The Morgan fingerprint density at radius 3 is 2.69 bits per heavy atom. The molecule has 1 heterocycles. The Bertz CT molecular complexity index is 781. The van der Waals surface area contributed by atoms with Crippen molar-refractivity contribution in [3.05, 3.63) is 35.0 Å². The first-order valence-electron chi connectivity index (χ1n) is 9.03. The minimum absolute atomic E-state index is 0.174. The fourth-order valence-corrected chi connectivity index (χ4v) is 2.93. The second-order valence-electron chi connectivity index (χ2n) is 6.69. The summed E-state index contributed by atoms with van der Waals surface area (Å²) < 4.78 is 5.34. The number of carboxylic acid groups (broad SMARTS) is 1. The first kappa shape index (κ1) is 20.0. The molecule has 1 unspecified atom stereocenters. The van der Waals surface area contributed by atoms with E-state index in [9.17, 15) is 14.7 Å². The van der Waals surface area contributed by atoms with Gasteiger partial charge in [-0.2, -0.15) is 0 Å². The predicted molar refractivity (Wildman–Crippen MR) is 102 cm³/mol. The Morgan fingerprint density at radius 1 is 1.31 bits per heavy atom. The minimum Gasteiger partial charge on any atom is -0.481 e. The average Bonchev–Trinajstić information content (AvgIpc) is 3.05. The summed E-state index contributed by atoms with van der Waals surface area (Å²) in [5.41, 5.74) is 3.71. The Kier molecular flexibility index (Phi) is 6.80. The second kappa shape index (κ2) is 8.85. The summed E-state index contributed by atoms with van der Waals surface area (Å²) in [5, 5.41) is 10.2. The number of nitrogens with zero attached hydrogens (tertiary/aromatic N) is 1. The van der Waals surface area contributed by atoms with Crippen molar-refractivity contribution in [1.29, 1.82) is 0 Å². The molecule has 0 aliphatic heterocycles. The first-order chi connectivity index (χ1) is 12.3. The van der Waals surface area contributed by atoms with Gasteiger partial charge in [-0.25, -0.2) is 0 Å². The number of aromatic nitrogens is 1. The van der Waals surface area contributed by atoms with Crippen LogP contribution in [0.15, 0.2) is 18.2 Å². The number of H-pyrrole nitrogens is 1. The van der Waals surface area contributed by atoms with E-state index in [2.05, 4.69) is 4.98 Å². The molecule has 1 atom stereocenters. The zero-order chi connectivity index (χ0) is 19.3. The van der Waals surface area contributed by atoms with E-state index in [1.807, 2.05) is 39.0 Å². The Hall–Kier alpha value is -2.34. The zero-order valence-corrected chi connectivity index (χ0v) is 16.0. The number of carbonyl (C=O) groups excluding carboxylic acids is 1. The molecule has 0 bridgehead atoms. The van der Waals surface area contributed by atoms with Crippen LogP contribution in [0.3, 0.4) is 0 Å². The van der Waals surface area contributed by atoms with Gasteiger partial charge >= 0.3 is 5.97 Å². The van der Waals surface area contributed by atoms with E-state index in [0.717, 1.165) is 16.5 Å². The van der Waals surface area contributed by atoms with Crippen molar-refractivity contribution in [2.75, 3.05) is 26.3 Å². The fourth-order valence-electron chi connectivity index (χ4n) is 2.93. The van der Waals surface area contributed by atoms with Crippen LogP contribution in [0.2, 0.25) is 0 Å². The number of fused-ring (bicyclic) bond motifs is 1. The number of hydrogen-bond acceptors (Lipinski definition) is 3. The van der Waals surface area contributed by atoms with Crippen LogP contribution in [0.4, 0.5) is 0 Å². The third kappa shape index (κ3) is 4.64. The number of aromatic amines is 1. The van der Waals surface area contributed by atoms with E-state index in [4.69, 9.17) is 4.74 Å². The molecular formula is C20H28N2O4. The fraction of sp³-hybridized carbons (Fsp3) is 0.500. The highest BCUT2D eigenvalue weighted by Gasteiger charge is 2.23. The van der Waals surface area contributed by atoms with Crippen molar-refractivity contribution in [2.24, 2.45) is 5.92 Å². The van der Waals surface area contributed by atoms with E-state index in [1.54, 1.807) is 11.8 Å². The van der Waals surface area contributed by atoms with Crippen LogP contribution in [-0.2, 0) is 9.53 Å². The van der Waals surface area contributed by atoms with Crippen molar-refractivity contribution < 1.29 is 19.4 Å². The highest BCUT2D eigenvalue weighted by Crippen LogP contribution is 2.23. The lowest BCUT2D eigenvalue weighted by Crippen LogP contribution is -2.38. The SMILES string of the molecule is CCOCCCN(CC(C)C(=O)O)C(=O)c1cc2c(C)c(C)ccc2[nH]1. The molecule has 0 saturated heterocycles. The van der Waals surface area contributed by atoms with E-state index in [-0.39, 0.29) is 12.5 Å². The Labute approximate surface area is 154 Å². The van der Waals surface area contributed by atoms with E-state index < -0.39 is 11.9 Å². The molecule has 0 radical (unpaired) electrons. The topological polar surface area (TPSA) is 82.6 Å². The van der Waals surface area contributed by atoms with Gasteiger partial charge in [0.1, 0.15) is 5.69 Å². The lowest BCUT2D eigenvalue weighted by molar-refractivity contribution is -0.141. The number of aryl methyl sites for hydroxylation is 2. The van der Waals surface area contributed by atoms with Crippen LogP contribution in [0.25, 0.3) is 10.9 Å². The van der Waals surface area contributed by atoms with Crippen LogP contribution < -0.4 is 0 Å². The molecule has 2 rings (SSSR count). The maximum atomic E-state index is 13.0. The minimum atomic E-state index is -0.907. The quantitative estimate of drug-likeness (QED) is 0.672. The third-order valence-corrected chi connectivity index (χ3v) is 4.70. The van der Waals surface area contributed by atoms with Crippen molar-refractivity contribution in [3.8, 4) is 0 Å². The smallest absolute Gasteiger partial charge is 0.308 e. The van der Waals surface area contributed by atoms with Gasteiger partial charge in [-0.15, -0.1) is 0 Å². The lowest BCUT2D eigenvalue weighted by atomic mass is 10.1. The summed E-state index contributed by atoms with van der Waals surface area (Å²) in [5.74, 6) is -1.71. The van der Waals surface area contributed by atoms with Crippen molar-refractivity contribution >= 4 is 22.8 Å². The van der Waals surface area contributed by atoms with E-state index >= 15 is 0 Å². The normalized spacial score (nSPS) is 12.3. The molecule has 2 aromatic rings. The average molecular weight is 360 g/mol. The van der Waals surface area contributed by atoms with Gasteiger partial charge < -0.3 is 19.7 Å². The highest BCUT2D eigenvalue weighted by atomic mass is 16.5. The number of benzene rings is 1. The zero-order valence-electron chi connectivity index (χ0n) is 16.0. The molecule has 1 amide bonds. The molecule has 0 spiro atoms. The van der Waals surface area contributed by atoms with Gasteiger partial charge in [0, 0.05) is 37.2 Å². The lowest BCUT2D eigenvalue weighted by Gasteiger charge is -2.24. The molecule has 0 aliphatic rings. The molecule has 1 aromatic carbocycles. The third-order valence-electron chi connectivity index (χ3n) is 4.70. The van der Waals surface area contributed by atoms with Crippen molar-refractivity contribution in [2.45, 2.75) is 34.1 Å². The number of hydrogen-bond donors (Lipinski definition) is 2.